The average Bonchev–Trinajstić information content (AvgIpc) is 3.43. The van der Waals surface area contributed by atoms with Crippen LogP contribution < -0.4 is 0 Å². The van der Waals surface area contributed by atoms with Crippen LogP contribution in [0.2, 0.25) is 0 Å². The van der Waals surface area contributed by atoms with Gasteiger partial charge in [-0.3, -0.25) is 0 Å². The summed E-state index contributed by atoms with van der Waals surface area (Å²) in [5.41, 5.74) is 0.985. The van der Waals surface area contributed by atoms with Gasteiger partial charge in [-0.1, -0.05) is 90.0 Å². The summed E-state index contributed by atoms with van der Waals surface area (Å²) in [6.45, 7) is 26.4. The second kappa shape index (κ2) is 12.4. The van der Waals surface area contributed by atoms with Crippen molar-refractivity contribution in [3.05, 3.63) is 0 Å². The van der Waals surface area contributed by atoms with Crippen molar-refractivity contribution in [3.8, 4) is 0 Å². The molecule has 5 aliphatic rings. The molecule has 0 atom stereocenters. The molecule has 7 heteroatoms. The largest absolute Gasteiger partial charge is 0.347 e. The molecule has 2 spiro atoms. The molecule has 0 amide bonds. The van der Waals surface area contributed by atoms with Crippen LogP contribution in [0.5, 0.6) is 0 Å². The van der Waals surface area contributed by atoms with Gasteiger partial charge in [0.15, 0.2) is 11.6 Å². The Hall–Kier alpha value is 1.22. The van der Waals surface area contributed by atoms with Crippen molar-refractivity contribution in [1.82, 2.24) is 0 Å². The maximum atomic E-state index is 6.05. The molecule has 0 aromatic rings. The summed E-state index contributed by atoms with van der Waals surface area (Å²) in [6.07, 6.45) is 10.2. The van der Waals surface area contributed by atoms with Crippen molar-refractivity contribution < 1.29 is 36.0 Å². The van der Waals surface area contributed by atoms with Crippen LogP contribution in [-0.4, -0.2) is 64.3 Å². The predicted molar refractivity (Wildman–Crippen MR) is 153 cm³/mol. The van der Waals surface area contributed by atoms with Crippen molar-refractivity contribution in [2.45, 2.75) is 158 Å². The van der Waals surface area contributed by atoms with Gasteiger partial charge in [0.2, 0.25) is 0 Å². The van der Waals surface area contributed by atoms with Gasteiger partial charge < -0.3 is 18.9 Å². The van der Waals surface area contributed by atoms with Gasteiger partial charge in [-0.2, -0.15) is 0 Å². The molecule has 0 unspecified atom stereocenters. The summed E-state index contributed by atoms with van der Waals surface area (Å²) in [7, 11) is 1.03. The Bertz CT molecular complexity index is 653. The fourth-order valence-corrected chi connectivity index (χ4v) is 16.2. The zero-order valence-corrected chi connectivity index (χ0v) is 28.0. The Kier molecular flexibility index (Phi) is 11.5. The molecule has 0 aromatic heterocycles. The van der Waals surface area contributed by atoms with E-state index in [1.54, 1.807) is 0 Å². The second-order valence-corrected chi connectivity index (χ2v) is 20.6. The minimum atomic E-state index is -0.259. The predicted octanol–water partition coefficient (Wildman–Crippen LogP) is 8.29. The molecule has 0 N–H and O–H groups in total. The van der Waals surface area contributed by atoms with Gasteiger partial charge in [-0.25, -0.2) is 0 Å². The Labute approximate surface area is 236 Å². The van der Waals surface area contributed by atoms with E-state index < -0.39 is 0 Å². The van der Waals surface area contributed by atoms with E-state index in [1.165, 1.54) is 25.7 Å². The van der Waals surface area contributed by atoms with Crippen LogP contribution >= 0.6 is 16.5 Å². The first-order valence-corrected chi connectivity index (χ1v) is 16.7. The Morgan fingerprint density at radius 3 is 1.28 bits per heavy atom. The summed E-state index contributed by atoms with van der Waals surface area (Å²) in [5, 5.41) is 1.50. The van der Waals surface area contributed by atoms with E-state index in [0.717, 1.165) is 66.4 Å². The maximum Gasteiger partial charge on any atom is 0.170 e. The van der Waals surface area contributed by atoms with Crippen molar-refractivity contribution in [2.24, 2.45) is 0 Å². The van der Waals surface area contributed by atoms with Gasteiger partial charge in [0.05, 0.1) is 26.4 Å². The van der Waals surface area contributed by atoms with E-state index >= 15 is 0 Å². The molecule has 36 heavy (non-hydrogen) atoms. The molecule has 5 rings (SSSR count). The summed E-state index contributed by atoms with van der Waals surface area (Å²) >= 11 is 0. The van der Waals surface area contributed by atoms with Crippen molar-refractivity contribution in [3.63, 3.8) is 0 Å². The molecule has 5 fully saturated rings. The van der Waals surface area contributed by atoms with Gasteiger partial charge in [0.1, 0.15) is 0 Å². The van der Waals surface area contributed by atoms with Crippen LogP contribution in [0.25, 0.3) is 0 Å². The quantitative estimate of drug-likeness (QED) is 0.229. The van der Waals surface area contributed by atoms with Crippen LogP contribution in [0.3, 0.4) is 0 Å². The molecular weight excluding hydrogens is 530 g/mol. The third-order valence-corrected chi connectivity index (χ3v) is 14.0. The first-order valence-electron chi connectivity index (χ1n) is 14.3. The molecule has 4 heterocycles. The van der Waals surface area contributed by atoms with Crippen LogP contribution in [0.4, 0.5) is 0 Å². The smallest absolute Gasteiger partial charge is 0.170 e. The normalized spacial score (nSPS) is 31.2. The van der Waals surface area contributed by atoms with E-state index in [2.05, 4.69) is 55.4 Å². The minimum Gasteiger partial charge on any atom is -0.347 e. The van der Waals surface area contributed by atoms with Crippen LogP contribution in [-0.2, 0) is 36.0 Å². The van der Waals surface area contributed by atoms with Gasteiger partial charge >= 0.3 is 0 Å². The standard InChI is InChI=1S/C16H29O2P.C11H21O2P.C2H6.Fe/c1-14(2)11-16(17-9-10-18-16)12-15(3,4)19(14)13-7-5-6-8-13;1-9(2)7-11(12-5-6-13-11)8-10(3,4)14-9;1-2;/h13H,5-12H2,1-4H3;14H,5-8H2,1-4H3;1-2H3;. The third-order valence-electron chi connectivity index (χ3n) is 8.12. The Morgan fingerprint density at radius 1 is 0.583 bits per heavy atom. The van der Waals surface area contributed by atoms with Gasteiger partial charge in [0.25, 0.3) is 0 Å². The van der Waals surface area contributed by atoms with Crippen LogP contribution in [0.1, 0.15) is 121 Å². The first-order chi connectivity index (χ1) is 16.2. The molecule has 4 aliphatic heterocycles. The molecule has 0 aromatic carbocycles. The molecule has 4 saturated heterocycles. The molecule has 1 saturated carbocycles. The molecule has 1 aliphatic carbocycles. The summed E-state index contributed by atoms with van der Waals surface area (Å²) < 4.78 is 23.8. The summed E-state index contributed by atoms with van der Waals surface area (Å²) in [6, 6.07) is 0. The summed E-state index contributed by atoms with van der Waals surface area (Å²) in [4.78, 5) is 0. The zero-order valence-electron chi connectivity index (χ0n) is 25.0. The third kappa shape index (κ3) is 7.91. The SMILES string of the molecule is CC.CC1(C)CC2(CC(C)(C)P1)OCCO2.CC1(C)CC2(CC(C)(C)P1C1CCCC1)OCCO2.[Fe]. The van der Waals surface area contributed by atoms with Crippen molar-refractivity contribution in [1.29, 1.82) is 0 Å². The van der Waals surface area contributed by atoms with Gasteiger partial charge in [0, 0.05) is 42.8 Å². The first kappa shape index (κ1) is 33.4. The van der Waals surface area contributed by atoms with E-state index in [9.17, 15) is 0 Å². The number of hydrogen-bond acceptors (Lipinski definition) is 4. The Morgan fingerprint density at radius 2 is 0.917 bits per heavy atom. The average molecular weight is 587 g/mol. The second-order valence-electron chi connectivity index (χ2n) is 13.7. The van der Waals surface area contributed by atoms with Crippen LogP contribution in [0.15, 0.2) is 0 Å². The molecular formula is C29H56FeO4P2. The number of hydrogen-bond donors (Lipinski definition) is 0. The fraction of sp³-hybridized carbons (Fsp3) is 1.00. The van der Waals surface area contributed by atoms with Crippen molar-refractivity contribution >= 4 is 16.5 Å². The van der Waals surface area contributed by atoms with Gasteiger partial charge in [-0.15, -0.1) is 8.58 Å². The molecule has 214 valence electrons. The van der Waals surface area contributed by atoms with Crippen LogP contribution in [0, 0.1) is 0 Å². The van der Waals surface area contributed by atoms with Gasteiger partial charge in [-0.05, 0) is 39.1 Å². The number of ether oxygens (including phenoxy) is 4. The van der Waals surface area contributed by atoms with E-state index in [1.807, 2.05) is 13.8 Å². The van der Waals surface area contributed by atoms with E-state index in [4.69, 9.17) is 18.9 Å². The summed E-state index contributed by atoms with van der Waals surface area (Å²) in [5.74, 6) is -0.511. The van der Waals surface area contributed by atoms with E-state index in [0.29, 0.717) is 20.6 Å². The maximum absolute atomic E-state index is 6.05. The molecule has 4 nitrogen and oxygen atoms in total. The topological polar surface area (TPSA) is 36.9 Å². The molecule has 0 bridgehead atoms. The fourth-order valence-electron chi connectivity index (χ4n) is 8.34. The Balaban J connectivity index is 0.000000240. The zero-order chi connectivity index (χ0) is 26.2. The number of rotatable bonds is 1. The minimum absolute atomic E-state index is 0. The van der Waals surface area contributed by atoms with E-state index in [-0.39, 0.29) is 36.6 Å². The molecule has 0 radical (unpaired) electrons. The monoisotopic (exact) mass is 586 g/mol. The van der Waals surface area contributed by atoms with Crippen molar-refractivity contribution in [2.75, 3.05) is 26.4 Å².